The second kappa shape index (κ2) is 5.17. The van der Waals surface area contributed by atoms with E-state index in [-0.39, 0.29) is 11.3 Å². The molecule has 3 nitrogen and oxygen atoms in total. The SMILES string of the molecule is CN(C)C(=O)C[C@@H]1CCNC[C@H]1C(C)(C)C. The van der Waals surface area contributed by atoms with Gasteiger partial charge in [0.1, 0.15) is 0 Å². The minimum atomic E-state index is 0.265. The summed E-state index contributed by atoms with van der Waals surface area (Å²) in [5.41, 5.74) is 0.282. The third kappa shape index (κ3) is 3.48. The fraction of sp³-hybridized carbons (Fsp3) is 0.923. The summed E-state index contributed by atoms with van der Waals surface area (Å²) in [6, 6.07) is 0. The smallest absolute Gasteiger partial charge is 0.222 e. The molecule has 1 aliphatic heterocycles. The fourth-order valence-corrected chi connectivity index (χ4v) is 2.58. The lowest BCUT2D eigenvalue weighted by Crippen LogP contribution is -2.44. The van der Waals surface area contributed by atoms with Crippen molar-refractivity contribution in [1.29, 1.82) is 0 Å². The van der Waals surface area contributed by atoms with Crippen molar-refractivity contribution in [3.8, 4) is 0 Å². The zero-order valence-corrected chi connectivity index (χ0v) is 11.3. The molecule has 1 heterocycles. The highest BCUT2D eigenvalue weighted by Crippen LogP contribution is 2.37. The molecule has 0 aromatic carbocycles. The lowest BCUT2D eigenvalue weighted by Gasteiger charge is -2.40. The molecule has 16 heavy (non-hydrogen) atoms. The van der Waals surface area contributed by atoms with Crippen LogP contribution in [0, 0.1) is 17.3 Å². The number of hydrogen-bond donors (Lipinski definition) is 1. The lowest BCUT2D eigenvalue weighted by molar-refractivity contribution is -0.130. The molecule has 0 unspecified atom stereocenters. The summed E-state index contributed by atoms with van der Waals surface area (Å²) < 4.78 is 0. The van der Waals surface area contributed by atoms with Crippen molar-refractivity contribution in [3.05, 3.63) is 0 Å². The minimum absolute atomic E-state index is 0.265. The maximum atomic E-state index is 11.8. The Kier molecular flexibility index (Phi) is 4.36. The molecule has 0 saturated carbocycles. The van der Waals surface area contributed by atoms with Crippen LogP contribution in [0.2, 0.25) is 0 Å². The van der Waals surface area contributed by atoms with Crippen molar-refractivity contribution in [3.63, 3.8) is 0 Å². The van der Waals surface area contributed by atoms with Crippen LogP contribution in [0.25, 0.3) is 0 Å². The molecule has 1 saturated heterocycles. The van der Waals surface area contributed by atoms with Gasteiger partial charge in [-0.3, -0.25) is 4.79 Å². The van der Waals surface area contributed by atoms with Crippen LogP contribution >= 0.6 is 0 Å². The van der Waals surface area contributed by atoms with Gasteiger partial charge in [0.05, 0.1) is 0 Å². The number of piperidine rings is 1. The molecule has 0 aromatic heterocycles. The Bertz CT molecular complexity index is 243. The van der Waals surface area contributed by atoms with E-state index < -0.39 is 0 Å². The van der Waals surface area contributed by atoms with E-state index in [0.29, 0.717) is 18.3 Å². The second-order valence-electron chi connectivity index (χ2n) is 6.22. The van der Waals surface area contributed by atoms with E-state index in [4.69, 9.17) is 0 Å². The van der Waals surface area contributed by atoms with Crippen LogP contribution < -0.4 is 5.32 Å². The first-order valence-corrected chi connectivity index (χ1v) is 6.23. The molecule has 1 fully saturated rings. The highest BCUT2D eigenvalue weighted by molar-refractivity contribution is 5.75. The number of nitrogens with one attached hydrogen (secondary N) is 1. The van der Waals surface area contributed by atoms with Gasteiger partial charge in [-0.1, -0.05) is 20.8 Å². The summed E-state index contributed by atoms with van der Waals surface area (Å²) >= 11 is 0. The Hall–Kier alpha value is -0.570. The average molecular weight is 226 g/mol. The highest BCUT2D eigenvalue weighted by Gasteiger charge is 2.35. The van der Waals surface area contributed by atoms with Crippen LogP contribution in [-0.2, 0) is 4.79 Å². The van der Waals surface area contributed by atoms with Gasteiger partial charge in [0, 0.05) is 20.5 Å². The first-order valence-electron chi connectivity index (χ1n) is 6.23. The van der Waals surface area contributed by atoms with E-state index in [1.54, 1.807) is 4.90 Å². The van der Waals surface area contributed by atoms with Gasteiger partial charge in [-0.15, -0.1) is 0 Å². The van der Waals surface area contributed by atoms with E-state index in [9.17, 15) is 4.79 Å². The van der Waals surface area contributed by atoms with Gasteiger partial charge in [-0.25, -0.2) is 0 Å². The summed E-state index contributed by atoms with van der Waals surface area (Å²) in [6.45, 7) is 8.93. The third-order valence-corrected chi connectivity index (χ3v) is 3.67. The Labute approximate surface area is 99.6 Å². The van der Waals surface area contributed by atoms with E-state index in [1.165, 1.54) is 0 Å². The van der Waals surface area contributed by atoms with Gasteiger partial charge in [0.25, 0.3) is 0 Å². The monoisotopic (exact) mass is 226 g/mol. The van der Waals surface area contributed by atoms with E-state index >= 15 is 0 Å². The molecule has 0 radical (unpaired) electrons. The molecule has 1 N–H and O–H groups in total. The van der Waals surface area contributed by atoms with Gasteiger partial charge in [-0.05, 0) is 36.8 Å². The predicted octanol–water partition coefficient (Wildman–Crippen LogP) is 1.74. The number of rotatable bonds is 2. The Morgan fingerprint density at radius 1 is 1.38 bits per heavy atom. The summed E-state index contributed by atoms with van der Waals surface area (Å²) in [7, 11) is 3.69. The van der Waals surface area contributed by atoms with Crippen molar-refractivity contribution in [2.24, 2.45) is 17.3 Å². The van der Waals surface area contributed by atoms with Crippen LogP contribution in [0.5, 0.6) is 0 Å². The zero-order chi connectivity index (χ0) is 12.3. The molecule has 0 spiro atoms. The molecule has 1 aliphatic rings. The topological polar surface area (TPSA) is 32.3 Å². The summed E-state index contributed by atoms with van der Waals surface area (Å²) in [6.07, 6.45) is 1.83. The Morgan fingerprint density at radius 2 is 2.00 bits per heavy atom. The van der Waals surface area contributed by atoms with Crippen molar-refractivity contribution in [2.45, 2.75) is 33.6 Å². The van der Waals surface area contributed by atoms with Gasteiger partial charge in [0.15, 0.2) is 0 Å². The maximum Gasteiger partial charge on any atom is 0.222 e. The standard InChI is InChI=1S/C13H26N2O/c1-13(2,3)11-9-14-7-6-10(11)8-12(16)15(4)5/h10-11,14H,6-9H2,1-5H3/t10-,11+/m0/s1. The van der Waals surface area contributed by atoms with E-state index in [2.05, 4.69) is 26.1 Å². The molecular weight excluding hydrogens is 200 g/mol. The van der Waals surface area contributed by atoms with E-state index in [0.717, 1.165) is 19.5 Å². The second-order valence-corrected chi connectivity index (χ2v) is 6.22. The molecule has 0 bridgehead atoms. The van der Waals surface area contributed by atoms with Crippen molar-refractivity contribution >= 4 is 5.91 Å². The zero-order valence-electron chi connectivity index (χ0n) is 11.3. The fourth-order valence-electron chi connectivity index (χ4n) is 2.58. The lowest BCUT2D eigenvalue weighted by atomic mass is 9.69. The first kappa shape index (κ1) is 13.5. The Balaban J connectivity index is 2.64. The average Bonchev–Trinajstić information content (AvgIpc) is 2.16. The number of hydrogen-bond acceptors (Lipinski definition) is 2. The Morgan fingerprint density at radius 3 is 2.50 bits per heavy atom. The molecule has 94 valence electrons. The van der Waals surface area contributed by atoms with Crippen LogP contribution in [0.3, 0.4) is 0 Å². The molecule has 3 heteroatoms. The molecule has 0 aromatic rings. The van der Waals surface area contributed by atoms with Gasteiger partial charge in [0.2, 0.25) is 5.91 Å². The van der Waals surface area contributed by atoms with E-state index in [1.807, 2.05) is 14.1 Å². The van der Waals surface area contributed by atoms with Crippen molar-refractivity contribution in [1.82, 2.24) is 10.2 Å². The van der Waals surface area contributed by atoms with Gasteiger partial charge >= 0.3 is 0 Å². The normalized spacial score (nSPS) is 26.6. The number of amides is 1. The molecule has 0 aliphatic carbocycles. The summed E-state index contributed by atoms with van der Waals surface area (Å²) in [4.78, 5) is 13.5. The van der Waals surface area contributed by atoms with Crippen molar-refractivity contribution in [2.75, 3.05) is 27.2 Å². The van der Waals surface area contributed by atoms with Crippen LogP contribution in [0.1, 0.15) is 33.6 Å². The van der Waals surface area contributed by atoms with Crippen LogP contribution in [0.15, 0.2) is 0 Å². The van der Waals surface area contributed by atoms with Crippen LogP contribution in [-0.4, -0.2) is 38.0 Å². The minimum Gasteiger partial charge on any atom is -0.349 e. The number of nitrogens with zero attached hydrogens (tertiary/aromatic N) is 1. The quantitative estimate of drug-likeness (QED) is 0.778. The highest BCUT2D eigenvalue weighted by atomic mass is 16.2. The number of carbonyl (C=O) groups is 1. The first-order chi connectivity index (χ1) is 7.32. The summed E-state index contributed by atoms with van der Waals surface area (Å²) in [5, 5.41) is 3.45. The largest absolute Gasteiger partial charge is 0.349 e. The third-order valence-electron chi connectivity index (χ3n) is 3.67. The summed E-state index contributed by atoms with van der Waals surface area (Å²) in [5.74, 6) is 1.41. The molecule has 1 rings (SSSR count). The van der Waals surface area contributed by atoms with Gasteiger partial charge < -0.3 is 10.2 Å². The maximum absolute atomic E-state index is 11.8. The molecular formula is C13H26N2O. The molecule has 2 atom stereocenters. The number of carbonyl (C=O) groups excluding carboxylic acids is 1. The predicted molar refractivity (Wildman–Crippen MR) is 67.2 cm³/mol. The molecule has 1 amide bonds. The van der Waals surface area contributed by atoms with Crippen LogP contribution in [0.4, 0.5) is 0 Å². The van der Waals surface area contributed by atoms with Gasteiger partial charge in [-0.2, -0.15) is 0 Å². The van der Waals surface area contributed by atoms with Crippen molar-refractivity contribution < 1.29 is 4.79 Å².